The molecule has 0 aliphatic carbocycles. The van der Waals surface area contributed by atoms with Gasteiger partial charge < -0.3 is 15.5 Å². The van der Waals surface area contributed by atoms with E-state index in [1.165, 1.54) is 238 Å². The van der Waals surface area contributed by atoms with E-state index < -0.39 is 12.1 Å². The maximum absolute atomic E-state index is 12.5. The van der Waals surface area contributed by atoms with Crippen molar-refractivity contribution in [3.63, 3.8) is 0 Å². The highest BCUT2D eigenvalue weighted by molar-refractivity contribution is 5.76. The number of unbranched alkanes of at least 4 members (excludes halogenated alkanes) is 39. The summed E-state index contributed by atoms with van der Waals surface area (Å²) >= 11 is 0. The van der Waals surface area contributed by atoms with Gasteiger partial charge in [0.15, 0.2) is 0 Å². The number of carbonyl (C=O) groups excluding carboxylic acids is 1. The molecule has 0 heterocycles. The zero-order chi connectivity index (χ0) is 51.3. The second-order valence-corrected chi connectivity index (χ2v) is 21.5. The highest BCUT2D eigenvalue weighted by Crippen LogP contribution is 2.18. The molecule has 0 spiro atoms. The molecule has 0 bridgehead atoms. The van der Waals surface area contributed by atoms with Crippen LogP contribution in [-0.2, 0) is 4.79 Å². The molecular weight excluding hydrogens is 867 g/mol. The van der Waals surface area contributed by atoms with Gasteiger partial charge in [0.1, 0.15) is 0 Å². The summed E-state index contributed by atoms with van der Waals surface area (Å²) in [6.45, 7) is 4.27. The lowest BCUT2D eigenvalue weighted by molar-refractivity contribution is -0.123. The molecule has 4 heteroatoms. The summed E-state index contributed by atoms with van der Waals surface area (Å²) in [7, 11) is 0. The van der Waals surface area contributed by atoms with Crippen LogP contribution in [0.1, 0.15) is 328 Å². The van der Waals surface area contributed by atoms with Crippen molar-refractivity contribution in [2.75, 3.05) is 6.61 Å². The van der Waals surface area contributed by atoms with E-state index in [-0.39, 0.29) is 12.5 Å². The fourth-order valence-corrected chi connectivity index (χ4v) is 9.72. The van der Waals surface area contributed by atoms with Crippen LogP contribution in [-0.4, -0.2) is 34.9 Å². The number of carbonyl (C=O) groups is 1. The van der Waals surface area contributed by atoms with Crippen LogP contribution in [0.3, 0.4) is 0 Å². The molecule has 1 amide bonds. The normalized spacial score (nSPS) is 13.2. The quantitative estimate of drug-likeness (QED) is 0.0420. The summed E-state index contributed by atoms with van der Waals surface area (Å²) in [6.07, 6.45) is 89.2. The predicted molar refractivity (Wildman–Crippen MR) is 317 cm³/mol. The Morgan fingerprint density at radius 1 is 0.352 bits per heavy atom. The molecule has 414 valence electrons. The van der Waals surface area contributed by atoms with Crippen molar-refractivity contribution >= 4 is 5.91 Å². The van der Waals surface area contributed by atoms with Gasteiger partial charge in [-0.1, -0.05) is 331 Å². The van der Waals surface area contributed by atoms with Gasteiger partial charge in [0.25, 0.3) is 0 Å². The molecule has 0 aromatic rings. The number of nitrogens with one attached hydrogen (secondary N) is 1. The molecule has 0 saturated heterocycles. The van der Waals surface area contributed by atoms with Gasteiger partial charge in [0, 0.05) is 6.42 Å². The summed E-state index contributed by atoms with van der Waals surface area (Å²) in [4.78, 5) is 12.5. The predicted octanol–water partition coefficient (Wildman–Crippen LogP) is 21.3. The first kappa shape index (κ1) is 68.8. The average Bonchev–Trinajstić information content (AvgIpc) is 3.37. The molecule has 71 heavy (non-hydrogen) atoms. The molecule has 0 fully saturated rings. The second-order valence-electron chi connectivity index (χ2n) is 21.5. The van der Waals surface area contributed by atoms with E-state index in [1.807, 2.05) is 0 Å². The van der Waals surface area contributed by atoms with Crippen LogP contribution >= 0.6 is 0 Å². The van der Waals surface area contributed by atoms with Crippen LogP contribution in [0.4, 0.5) is 0 Å². The smallest absolute Gasteiger partial charge is 0.220 e. The van der Waals surface area contributed by atoms with Crippen LogP contribution < -0.4 is 5.32 Å². The Hall–Kier alpha value is -2.17. The number of rotatable bonds is 58. The highest BCUT2D eigenvalue weighted by atomic mass is 16.3. The molecule has 0 radical (unpaired) electrons. The van der Waals surface area contributed by atoms with Crippen molar-refractivity contribution in [2.24, 2.45) is 0 Å². The molecule has 0 saturated carbocycles. The van der Waals surface area contributed by atoms with Crippen molar-refractivity contribution in [1.29, 1.82) is 0 Å². The molecular formula is C67H123NO3. The van der Waals surface area contributed by atoms with E-state index in [4.69, 9.17) is 0 Å². The van der Waals surface area contributed by atoms with E-state index in [9.17, 15) is 15.0 Å². The number of hydrogen-bond donors (Lipinski definition) is 3. The lowest BCUT2D eigenvalue weighted by atomic mass is 10.0. The van der Waals surface area contributed by atoms with Gasteiger partial charge in [-0.25, -0.2) is 0 Å². The minimum atomic E-state index is -0.660. The van der Waals surface area contributed by atoms with Crippen LogP contribution in [0.25, 0.3) is 0 Å². The fraction of sp³-hybridized carbons (Fsp3) is 0.806. The minimum absolute atomic E-state index is 0.0262. The van der Waals surface area contributed by atoms with E-state index in [2.05, 4.69) is 92.1 Å². The lowest BCUT2D eigenvalue weighted by Gasteiger charge is -2.22. The van der Waals surface area contributed by atoms with Gasteiger partial charge in [-0.05, 0) is 64.2 Å². The van der Waals surface area contributed by atoms with Crippen LogP contribution in [0, 0.1) is 0 Å². The maximum atomic E-state index is 12.5. The number of aliphatic hydroxyl groups excluding tert-OH is 2. The SMILES string of the molecule is CC/C=C\C/C=C\C/C=C\C/C=C\C/C=C\C/C=C\CCCCCCCCCCCCCCCCCCCCCCCCC(=O)NC(CO)C(O)CCCCCCCCCCCCCCCCCCCC. The molecule has 3 N–H and O–H groups in total. The van der Waals surface area contributed by atoms with Crippen LogP contribution in [0.5, 0.6) is 0 Å². The van der Waals surface area contributed by atoms with Gasteiger partial charge in [-0.15, -0.1) is 0 Å². The van der Waals surface area contributed by atoms with E-state index >= 15 is 0 Å². The molecule has 4 nitrogen and oxygen atoms in total. The van der Waals surface area contributed by atoms with Crippen molar-refractivity contribution in [3.05, 3.63) is 72.9 Å². The molecule has 0 aromatic heterocycles. The summed E-state index contributed by atoms with van der Waals surface area (Å²) in [5.74, 6) is -0.0262. The van der Waals surface area contributed by atoms with Crippen molar-refractivity contribution in [2.45, 2.75) is 341 Å². The van der Waals surface area contributed by atoms with Crippen molar-refractivity contribution in [3.8, 4) is 0 Å². The molecule has 2 unspecified atom stereocenters. The van der Waals surface area contributed by atoms with E-state index in [0.717, 1.165) is 64.2 Å². The first-order valence-electron chi connectivity index (χ1n) is 31.6. The Morgan fingerprint density at radius 2 is 0.620 bits per heavy atom. The van der Waals surface area contributed by atoms with Crippen molar-refractivity contribution in [1.82, 2.24) is 5.32 Å². The van der Waals surface area contributed by atoms with Crippen LogP contribution in [0.15, 0.2) is 72.9 Å². The molecule has 0 aliphatic rings. The number of amides is 1. The second kappa shape index (κ2) is 62.1. The van der Waals surface area contributed by atoms with Crippen molar-refractivity contribution < 1.29 is 15.0 Å². The largest absolute Gasteiger partial charge is 0.394 e. The zero-order valence-corrected chi connectivity index (χ0v) is 47.7. The Labute approximate surface area is 444 Å². The van der Waals surface area contributed by atoms with Gasteiger partial charge >= 0.3 is 0 Å². The third kappa shape index (κ3) is 58.6. The standard InChI is InChI=1S/C67H123NO3/c1-3-5-7-9-11-13-15-17-19-21-23-24-25-26-27-28-29-30-31-32-33-34-35-36-37-38-39-40-41-42-43-44-45-47-49-51-53-55-57-59-61-63-67(71)68-65(64-69)66(70)62-60-58-56-54-52-50-48-46-22-20-18-16-14-12-10-8-6-4-2/h5,7,11,13,17,19,23-24,26-27,29-30,65-66,69-70H,3-4,6,8-10,12,14-16,18,20-22,25,28,31-64H2,1-2H3,(H,68,71)/b7-5-,13-11-,19-17-,24-23-,27-26-,30-29-. The van der Waals surface area contributed by atoms with Gasteiger partial charge in [-0.2, -0.15) is 0 Å². The highest BCUT2D eigenvalue weighted by Gasteiger charge is 2.20. The summed E-state index contributed by atoms with van der Waals surface area (Å²) in [5.41, 5.74) is 0. The van der Waals surface area contributed by atoms with Gasteiger partial charge in [0.2, 0.25) is 5.91 Å². The Morgan fingerprint density at radius 3 is 0.930 bits per heavy atom. The number of allylic oxidation sites excluding steroid dienone is 12. The average molecular weight is 991 g/mol. The molecule has 2 atom stereocenters. The summed E-state index contributed by atoms with van der Waals surface area (Å²) < 4.78 is 0. The molecule has 0 aliphatic heterocycles. The monoisotopic (exact) mass is 990 g/mol. The lowest BCUT2D eigenvalue weighted by Crippen LogP contribution is -2.45. The Balaban J connectivity index is 3.41. The van der Waals surface area contributed by atoms with E-state index in [1.54, 1.807) is 0 Å². The van der Waals surface area contributed by atoms with Gasteiger partial charge in [-0.3, -0.25) is 4.79 Å². The topological polar surface area (TPSA) is 69.6 Å². The van der Waals surface area contributed by atoms with Gasteiger partial charge in [0.05, 0.1) is 18.8 Å². The zero-order valence-electron chi connectivity index (χ0n) is 47.7. The first-order valence-corrected chi connectivity index (χ1v) is 31.6. The summed E-state index contributed by atoms with van der Waals surface area (Å²) in [5, 5.41) is 23.4. The molecule has 0 rings (SSSR count). The summed E-state index contributed by atoms with van der Waals surface area (Å²) in [6, 6.07) is -0.537. The third-order valence-corrected chi connectivity index (χ3v) is 14.5. The van der Waals surface area contributed by atoms with Crippen LogP contribution in [0.2, 0.25) is 0 Å². The molecule has 0 aromatic carbocycles. The number of aliphatic hydroxyl groups is 2. The first-order chi connectivity index (χ1) is 35.2. The minimum Gasteiger partial charge on any atom is -0.394 e. The maximum Gasteiger partial charge on any atom is 0.220 e. The third-order valence-electron chi connectivity index (χ3n) is 14.5. The number of hydrogen-bond acceptors (Lipinski definition) is 3. The Bertz CT molecular complexity index is 1210. The Kier molecular flexibility index (Phi) is 60.2. The fourth-order valence-electron chi connectivity index (χ4n) is 9.72. The van der Waals surface area contributed by atoms with E-state index in [0.29, 0.717) is 12.8 Å².